The number of fused-ring (bicyclic) bond motifs is 1. The van der Waals surface area contributed by atoms with Crippen LogP contribution in [-0.4, -0.2) is 29.7 Å². The second-order valence-electron chi connectivity index (χ2n) is 5.93. The van der Waals surface area contributed by atoms with Gasteiger partial charge in [0.25, 0.3) is 0 Å². The predicted octanol–water partition coefficient (Wildman–Crippen LogP) is 2.80. The summed E-state index contributed by atoms with van der Waals surface area (Å²) in [6.07, 6.45) is 2.08. The fraction of sp³-hybridized carbons (Fsp3) is 0.278. The highest BCUT2D eigenvalue weighted by Crippen LogP contribution is 2.25. The van der Waals surface area contributed by atoms with Crippen molar-refractivity contribution in [2.45, 2.75) is 18.9 Å². The summed E-state index contributed by atoms with van der Waals surface area (Å²) in [6.45, 7) is 1.88. The van der Waals surface area contributed by atoms with Crippen LogP contribution in [-0.2, 0) is 16.8 Å². The number of benzene rings is 1. The van der Waals surface area contributed by atoms with Crippen LogP contribution in [0.15, 0.2) is 41.9 Å². The molecule has 6 heteroatoms. The van der Waals surface area contributed by atoms with Gasteiger partial charge in [-0.2, -0.15) is 0 Å². The van der Waals surface area contributed by atoms with Gasteiger partial charge in [-0.1, -0.05) is 6.07 Å². The number of nitrogens with one attached hydrogen (secondary N) is 2. The van der Waals surface area contributed by atoms with Crippen LogP contribution in [0, 0.1) is 0 Å². The molecule has 2 heterocycles. The van der Waals surface area contributed by atoms with Crippen LogP contribution in [0.4, 0.5) is 0 Å². The third kappa shape index (κ3) is 3.44. The summed E-state index contributed by atoms with van der Waals surface area (Å²) in [5.41, 5.74) is 0.800. The molecule has 0 saturated heterocycles. The number of rotatable bonds is 6. The number of aliphatic hydroxyl groups is 1. The zero-order valence-electron chi connectivity index (χ0n) is 13.6. The molecule has 0 saturated carbocycles. The molecule has 3 aromatic rings. The zero-order chi connectivity index (χ0) is 17.2. The Labute approximate surface area is 144 Å². The van der Waals surface area contributed by atoms with Gasteiger partial charge in [-0.05, 0) is 42.1 Å². The van der Waals surface area contributed by atoms with Crippen LogP contribution >= 0.6 is 11.3 Å². The molecule has 1 unspecified atom stereocenters. The van der Waals surface area contributed by atoms with Gasteiger partial charge in [0.05, 0.1) is 20.1 Å². The highest BCUT2D eigenvalue weighted by atomic mass is 32.1. The van der Waals surface area contributed by atoms with Crippen molar-refractivity contribution < 1.29 is 14.6 Å². The molecular formula is C18H20N2O3S. The van der Waals surface area contributed by atoms with Crippen molar-refractivity contribution >= 4 is 28.1 Å². The molecule has 0 bridgehead atoms. The minimum absolute atomic E-state index is 0.129. The van der Waals surface area contributed by atoms with Gasteiger partial charge in [0, 0.05) is 22.0 Å². The first-order valence-corrected chi connectivity index (χ1v) is 8.54. The number of methoxy groups -OCH3 is 1. The van der Waals surface area contributed by atoms with E-state index in [0.29, 0.717) is 0 Å². The number of thiophene rings is 1. The van der Waals surface area contributed by atoms with Crippen LogP contribution < -0.4 is 10.1 Å². The van der Waals surface area contributed by atoms with Crippen LogP contribution in [0.5, 0.6) is 5.75 Å². The fourth-order valence-electron chi connectivity index (χ4n) is 2.61. The number of hydrogen-bond donors (Lipinski definition) is 3. The molecule has 126 valence electrons. The van der Waals surface area contributed by atoms with Crippen molar-refractivity contribution in [2.24, 2.45) is 0 Å². The van der Waals surface area contributed by atoms with Gasteiger partial charge >= 0.3 is 0 Å². The standard InChI is InChI=1S/C18H20N2O3S/c1-18(22,16-4-3-7-24-16)11-20-17(21)8-12-10-19-15-6-5-13(23-2)9-14(12)15/h3-7,9-10,19,22H,8,11H2,1-2H3,(H,20,21). The molecule has 3 N–H and O–H groups in total. The fourth-order valence-corrected chi connectivity index (χ4v) is 3.40. The van der Waals surface area contributed by atoms with E-state index in [-0.39, 0.29) is 18.9 Å². The minimum Gasteiger partial charge on any atom is -0.497 e. The van der Waals surface area contributed by atoms with E-state index in [2.05, 4.69) is 10.3 Å². The number of H-pyrrole nitrogens is 1. The maximum Gasteiger partial charge on any atom is 0.224 e. The molecule has 0 aliphatic rings. The van der Waals surface area contributed by atoms with Crippen LogP contribution in [0.1, 0.15) is 17.4 Å². The highest BCUT2D eigenvalue weighted by Gasteiger charge is 2.25. The molecule has 0 aliphatic carbocycles. The molecule has 0 radical (unpaired) electrons. The Morgan fingerprint density at radius 1 is 1.42 bits per heavy atom. The summed E-state index contributed by atoms with van der Waals surface area (Å²) >= 11 is 1.47. The molecule has 0 aliphatic heterocycles. The van der Waals surface area contributed by atoms with Crippen molar-refractivity contribution in [3.63, 3.8) is 0 Å². The van der Waals surface area contributed by atoms with Crippen molar-refractivity contribution in [3.05, 3.63) is 52.3 Å². The van der Waals surface area contributed by atoms with Gasteiger partial charge in [-0.25, -0.2) is 0 Å². The molecule has 1 aromatic carbocycles. The average molecular weight is 344 g/mol. The van der Waals surface area contributed by atoms with E-state index in [1.807, 2.05) is 41.9 Å². The van der Waals surface area contributed by atoms with Crippen LogP contribution in [0.25, 0.3) is 10.9 Å². The molecule has 3 rings (SSSR count). The zero-order valence-corrected chi connectivity index (χ0v) is 14.4. The largest absolute Gasteiger partial charge is 0.497 e. The van der Waals surface area contributed by atoms with E-state index in [1.165, 1.54) is 11.3 Å². The Hall–Kier alpha value is -2.31. The van der Waals surface area contributed by atoms with Crippen LogP contribution in [0.2, 0.25) is 0 Å². The molecule has 0 spiro atoms. The summed E-state index contributed by atoms with van der Waals surface area (Å²) in [4.78, 5) is 16.3. The van der Waals surface area contributed by atoms with Crippen molar-refractivity contribution in [2.75, 3.05) is 13.7 Å². The lowest BCUT2D eigenvalue weighted by Crippen LogP contribution is -2.38. The first-order chi connectivity index (χ1) is 11.5. The van der Waals surface area contributed by atoms with E-state index < -0.39 is 5.60 Å². The van der Waals surface area contributed by atoms with Gasteiger partial charge in [0.1, 0.15) is 11.4 Å². The lowest BCUT2D eigenvalue weighted by atomic mass is 10.0. The number of amides is 1. The van der Waals surface area contributed by atoms with Gasteiger partial charge in [-0.15, -0.1) is 11.3 Å². The Kier molecular flexibility index (Phi) is 4.59. The summed E-state index contributed by atoms with van der Waals surface area (Å²) in [7, 11) is 1.62. The lowest BCUT2D eigenvalue weighted by molar-refractivity contribution is -0.121. The molecule has 1 atom stereocenters. The molecule has 0 fully saturated rings. The SMILES string of the molecule is COc1ccc2[nH]cc(CC(=O)NCC(C)(O)c3cccs3)c2c1. The Morgan fingerprint density at radius 2 is 2.25 bits per heavy atom. The first-order valence-electron chi connectivity index (χ1n) is 7.66. The average Bonchev–Trinajstić information content (AvgIpc) is 3.23. The number of carbonyl (C=O) groups excluding carboxylic acids is 1. The van der Waals surface area contributed by atoms with Crippen molar-refractivity contribution in [1.82, 2.24) is 10.3 Å². The molecule has 2 aromatic heterocycles. The van der Waals surface area contributed by atoms with Crippen molar-refractivity contribution in [1.29, 1.82) is 0 Å². The highest BCUT2D eigenvalue weighted by molar-refractivity contribution is 7.10. The van der Waals surface area contributed by atoms with Crippen LogP contribution in [0.3, 0.4) is 0 Å². The van der Waals surface area contributed by atoms with E-state index in [1.54, 1.807) is 14.0 Å². The topological polar surface area (TPSA) is 74.4 Å². The lowest BCUT2D eigenvalue weighted by Gasteiger charge is -2.22. The summed E-state index contributed by atoms with van der Waals surface area (Å²) < 4.78 is 5.24. The van der Waals surface area contributed by atoms with Gasteiger partial charge in [0.15, 0.2) is 0 Å². The summed E-state index contributed by atoms with van der Waals surface area (Å²) in [5.74, 6) is 0.625. The monoisotopic (exact) mass is 344 g/mol. The van der Waals surface area contributed by atoms with E-state index >= 15 is 0 Å². The summed E-state index contributed by atoms with van der Waals surface area (Å²) in [6, 6.07) is 9.46. The summed E-state index contributed by atoms with van der Waals surface area (Å²) in [5, 5.41) is 16.2. The quantitative estimate of drug-likeness (QED) is 0.644. The normalized spacial score (nSPS) is 13.6. The minimum atomic E-state index is -1.06. The number of ether oxygens (including phenoxy) is 1. The van der Waals surface area contributed by atoms with E-state index in [0.717, 1.165) is 27.1 Å². The Balaban J connectivity index is 1.67. The van der Waals surface area contributed by atoms with Gasteiger partial charge in [0.2, 0.25) is 5.91 Å². The molecular weight excluding hydrogens is 324 g/mol. The molecule has 5 nitrogen and oxygen atoms in total. The number of aromatic amines is 1. The molecule has 24 heavy (non-hydrogen) atoms. The first kappa shape index (κ1) is 16.5. The predicted molar refractivity (Wildman–Crippen MR) is 95.5 cm³/mol. The smallest absolute Gasteiger partial charge is 0.224 e. The number of aromatic nitrogens is 1. The van der Waals surface area contributed by atoms with E-state index in [4.69, 9.17) is 4.74 Å². The van der Waals surface area contributed by atoms with Gasteiger partial charge in [-0.3, -0.25) is 4.79 Å². The second-order valence-corrected chi connectivity index (χ2v) is 6.88. The third-order valence-electron chi connectivity index (χ3n) is 4.01. The number of carbonyl (C=O) groups is 1. The second kappa shape index (κ2) is 6.67. The van der Waals surface area contributed by atoms with Crippen molar-refractivity contribution in [3.8, 4) is 5.75 Å². The molecule has 1 amide bonds. The maximum absolute atomic E-state index is 12.3. The Morgan fingerprint density at radius 3 is 2.96 bits per heavy atom. The van der Waals surface area contributed by atoms with E-state index in [9.17, 15) is 9.90 Å². The maximum atomic E-state index is 12.3. The van der Waals surface area contributed by atoms with Gasteiger partial charge < -0.3 is 20.1 Å². The Bertz CT molecular complexity index is 837. The number of hydrogen-bond acceptors (Lipinski definition) is 4. The third-order valence-corrected chi connectivity index (χ3v) is 5.13.